The molecular formula is C16H19N3O2. The van der Waals surface area contributed by atoms with Crippen molar-refractivity contribution in [3.8, 4) is 5.75 Å². The fourth-order valence-electron chi connectivity index (χ4n) is 1.82. The van der Waals surface area contributed by atoms with Gasteiger partial charge in [0.05, 0.1) is 0 Å². The highest BCUT2D eigenvalue weighted by Crippen LogP contribution is 2.15. The largest absolute Gasteiger partial charge is 0.492 e. The Kier molecular flexibility index (Phi) is 5.72. The summed E-state index contributed by atoms with van der Waals surface area (Å²) in [5.41, 5.74) is 7.03. The van der Waals surface area contributed by atoms with Crippen LogP contribution in [0, 0.1) is 0 Å². The molecule has 0 saturated carbocycles. The van der Waals surface area contributed by atoms with Gasteiger partial charge in [-0.3, -0.25) is 9.78 Å². The first-order valence-electron chi connectivity index (χ1n) is 6.90. The smallest absolute Gasteiger partial charge is 0.224 e. The molecule has 0 bridgehead atoms. The van der Waals surface area contributed by atoms with Crippen molar-refractivity contribution in [2.75, 3.05) is 18.5 Å². The average Bonchev–Trinajstić information content (AvgIpc) is 2.53. The van der Waals surface area contributed by atoms with Crippen LogP contribution in [-0.2, 0) is 11.2 Å². The normalized spacial score (nSPS) is 10.1. The van der Waals surface area contributed by atoms with E-state index in [1.165, 1.54) is 0 Å². The minimum atomic E-state index is -0.0312. The molecule has 21 heavy (non-hydrogen) atoms. The third kappa shape index (κ3) is 5.24. The average molecular weight is 285 g/mol. The van der Waals surface area contributed by atoms with Gasteiger partial charge in [0.1, 0.15) is 12.4 Å². The minimum absolute atomic E-state index is 0.0312. The summed E-state index contributed by atoms with van der Waals surface area (Å²) < 4.78 is 5.37. The van der Waals surface area contributed by atoms with Crippen LogP contribution in [0.2, 0.25) is 0 Å². The van der Waals surface area contributed by atoms with Crippen LogP contribution in [0.25, 0.3) is 0 Å². The number of amides is 1. The fourth-order valence-corrected chi connectivity index (χ4v) is 1.82. The van der Waals surface area contributed by atoms with Gasteiger partial charge in [-0.05, 0) is 42.8 Å². The second-order valence-electron chi connectivity index (χ2n) is 4.53. The van der Waals surface area contributed by atoms with Crippen LogP contribution >= 0.6 is 0 Å². The molecule has 0 aliphatic rings. The number of pyridine rings is 1. The van der Waals surface area contributed by atoms with Gasteiger partial charge in [-0.1, -0.05) is 6.07 Å². The number of rotatable bonds is 7. The van der Waals surface area contributed by atoms with E-state index in [9.17, 15) is 4.79 Å². The lowest BCUT2D eigenvalue weighted by atomic mass is 10.2. The van der Waals surface area contributed by atoms with Crippen molar-refractivity contribution in [3.63, 3.8) is 0 Å². The number of hydrogen-bond donors (Lipinski definition) is 2. The molecule has 0 atom stereocenters. The molecule has 0 spiro atoms. The van der Waals surface area contributed by atoms with E-state index in [0.29, 0.717) is 26.0 Å². The summed E-state index contributed by atoms with van der Waals surface area (Å²) in [7, 11) is 0. The van der Waals surface area contributed by atoms with Crippen LogP contribution < -0.4 is 15.8 Å². The fraction of sp³-hybridized carbons (Fsp3) is 0.250. The lowest BCUT2D eigenvalue weighted by molar-refractivity contribution is -0.116. The van der Waals surface area contributed by atoms with Crippen LogP contribution in [0.1, 0.15) is 12.1 Å². The zero-order valence-corrected chi connectivity index (χ0v) is 11.8. The van der Waals surface area contributed by atoms with E-state index in [2.05, 4.69) is 10.3 Å². The molecule has 110 valence electrons. The van der Waals surface area contributed by atoms with Crippen LogP contribution in [-0.4, -0.2) is 24.0 Å². The Morgan fingerprint density at radius 3 is 2.67 bits per heavy atom. The number of nitrogens with one attached hydrogen (secondary N) is 1. The van der Waals surface area contributed by atoms with Crippen molar-refractivity contribution in [2.45, 2.75) is 12.8 Å². The molecule has 5 heteroatoms. The maximum atomic E-state index is 11.9. The third-order valence-corrected chi connectivity index (χ3v) is 2.86. The van der Waals surface area contributed by atoms with E-state index >= 15 is 0 Å². The van der Waals surface area contributed by atoms with Crippen molar-refractivity contribution >= 4 is 11.6 Å². The van der Waals surface area contributed by atoms with Crippen molar-refractivity contribution in [1.29, 1.82) is 0 Å². The van der Waals surface area contributed by atoms with E-state index in [4.69, 9.17) is 10.5 Å². The molecule has 0 radical (unpaired) electrons. The van der Waals surface area contributed by atoms with Crippen LogP contribution in [0.5, 0.6) is 5.75 Å². The number of aryl methyl sites for hydroxylation is 1. The molecule has 1 heterocycles. The summed E-state index contributed by atoms with van der Waals surface area (Å²) in [6, 6.07) is 12.9. The van der Waals surface area contributed by atoms with Crippen LogP contribution in [0.4, 0.5) is 5.69 Å². The molecule has 2 rings (SSSR count). The number of aromatic nitrogens is 1. The van der Waals surface area contributed by atoms with E-state index in [1.54, 1.807) is 6.20 Å². The van der Waals surface area contributed by atoms with Crippen molar-refractivity contribution < 1.29 is 9.53 Å². The number of nitrogens with zero attached hydrogens (tertiary/aromatic N) is 1. The molecule has 0 unspecified atom stereocenters. The standard InChI is InChI=1S/C16H19N3O2/c17-10-12-21-15-7-4-14(5-8-15)19-16(20)9-6-13-3-1-2-11-18-13/h1-5,7-8,11H,6,9-10,12,17H2,(H,19,20). The summed E-state index contributed by atoms with van der Waals surface area (Å²) in [5.74, 6) is 0.711. The second kappa shape index (κ2) is 8.01. The van der Waals surface area contributed by atoms with Gasteiger partial charge in [0, 0.05) is 30.5 Å². The second-order valence-corrected chi connectivity index (χ2v) is 4.53. The molecule has 0 aliphatic heterocycles. The molecule has 3 N–H and O–H groups in total. The highest BCUT2D eigenvalue weighted by Gasteiger charge is 2.04. The number of ether oxygens (including phenoxy) is 1. The van der Waals surface area contributed by atoms with Gasteiger partial charge in [0.2, 0.25) is 5.91 Å². The molecule has 1 aromatic carbocycles. The number of hydrogen-bond acceptors (Lipinski definition) is 4. The van der Waals surface area contributed by atoms with E-state index in [-0.39, 0.29) is 5.91 Å². The van der Waals surface area contributed by atoms with Gasteiger partial charge in [0.15, 0.2) is 0 Å². The summed E-state index contributed by atoms with van der Waals surface area (Å²) in [6.07, 6.45) is 2.76. The number of benzene rings is 1. The quantitative estimate of drug-likeness (QED) is 0.815. The minimum Gasteiger partial charge on any atom is -0.492 e. The lowest BCUT2D eigenvalue weighted by Gasteiger charge is -2.07. The molecule has 0 aliphatic carbocycles. The third-order valence-electron chi connectivity index (χ3n) is 2.86. The highest BCUT2D eigenvalue weighted by atomic mass is 16.5. The predicted molar refractivity (Wildman–Crippen MR) is 82.2 cm³/mol. The molecule has 5 nitrogen and oxygen atoms in total. The van der Waals surface area contributed by atoms with Gasteiger partial charge in [-0.15, -0.1) is 0 Å². The van der Waals surface area contributed by atoms with Crippen molar-refractivity contribution in [2.24, 2.45) is 5.73 Å². The number of carbonyl (C=O) groups excluding carboxylic acids is 1. The molecular weight excluding hydrogens is 266 g/mol. The SMILES string of the molecule is NCCOc1ccc(NC(=O)CCc2ccccn2)cc1. The first-order valence-corrected chi connectivity index (χ1v) is 6.90. The molecule has 1 amide bonds. The Hall–Kier alpha value is -2.40. The molecule has 0 saturated heterocycles. The number of anilines is 1. The summed E-state index contributed by atoms with van der Waals surface area (Å²) in [4.78, 5) is 16.0. The highest BCUT2D eigenvalue weighted by molar-refractivity contribution is 5.90. The number of nitrogens with two attached hydrogens (primary N) is 1. The molecule has 2 aromatic rings. The van der Waals surface area contributed by atoms with Gasteiger partial charge in [0.25, 0.3) is 0 Å². The summed E-state index contributed by atoms with van der Waals surface area (Å²) in [5, 5.41) is 2.85. The topological polar surface area (TPSA) is 77.2 Å². The zero-order chi connectivity index (χ0) is 14.9. The van der Waals surface area contributed by atoms with Crippen molar-refractivity contribution in [3.05, 3.63) is 54.4 Å². The van der Waals surface area contributed by atoms with Crippen LogP contribution in [0.3, 0.4) is 0 Å². The molecule has 0 fully saturated rings. The van der Waals surface area contributed by atoms with Crippen molar-refractivity contribution in [1.82, 2.24) is 4.98 Å². The van der Waals surface area contributed by atoms with Gasteiger partial charge >= 0.3 is 0 Å². The lowest BCUT2D eigenvalue weighted by Crippen LogP contribution is -2.13. The van der Waals surface area contributed by atoms with Gasteiger partial charge < -0.3 is 15.8 Å². The maximum Gasteiger partial charge on any atom is 0.224 e. The van der Waals surface area contributed by atoms with E-state index < -0.39 is 0 Å². The first kappa shape index (κ1) is 15.0. The first-order chi connectivity index (χ1) is 10.3. The Bertz CT molecular complexity index is 555. The van der Waals surface area contributed by atoms with E-state index in [0.717, 1.165) is 17.1 Å². The van der Waals surface area contributed by atoms with Gasteiger partial charge in [-0.2, -0.15) is 0 Å². The Morgan fingerprint density at radius 2 is 2.00 bits per heavy atom. The van der Waals surface area contributed by atoms with Gasteiger partial charge in [-0.25, -0.2) is 0 Å². The monoisotopic (exact) mass is 285 g/mol. The maximum absolute atomic E-state index is 11.9. The summed E-state index contributed by atoms with van der Waals surface area (Å²) in [6.45, 7) is 0.960. The number of carbonyl (C=O) groups is 1. The van der Waals surface area contributed by atoms with Crippen LogP contribution in [0.15, 0.2) is 48.7 Å². The Balaban J connectivity index is 1.79. The zero-order valence-electron chi connectivity index (χ0n) is 11.8. The Labute approximate surface area is 124 Å². The summed E-state index contributed by atoms with van der Waals surface area (Å²) >= 11 is 0. The molecule has 1 aromatic heterocycles. The predicted octanol–water partition coefficient (Wildman–Crippen LogP) is 1.99. The Morgan fingerprint density at radius 1 is 1.19 bits per heavy atom. The van der Waals surface area contributed by atoms with E-state index in [1.807, 2.05) is 42.5 Å².